The maximum absolute atomic E-state index is 10.6. The summed E-state index contributed by atoms with van der Waals surface area (Å²) in [5.74, 6) is -2.03. The van der Waals surface area contributed by atoms with Gasteiger partial charge in [0.05, 0.1) is 0 Å². The van der Waals surface area contributed by atoms with Crippen LogP contribution in [0.4, 0.5) is 4.79 Å². The van der Waals surface area contributed by atoms with Gasteiger partial charge in [0.2, 0.25) is 0 Å². The third-order valence-electron chi connectivity index (χ3n) is 0.841. The molecule has 0 fully saturated rings. The topological polar surface area (TPSA) is 95.5 Å². The Bertz CT molecular complexity index is 234. The predicted octanol–water partition coefficient (Wildman–Crippen LogP) is -0.917. The van der Waals surface area contributed by atoms with Gasteiger partial charge >= 0.3 is 12.0 Å². The highest BCUT2D eigenvalue weighted by atomic mass is 16.4. The van der Waals surface area contributed by atoms with Gasteiger partial charge in [0, 0.05) is 19.2 Å². The molecule has 3 N–H and O–H groups in total. The molecule has 0 bridgehead atoms. The fourth-order valence-electron chi connectivity index (χ4n) is 0.363. The molecule has 0 aromatic rings. The Morgan fingerprint density at radius 1 is 1.25 bits per heavy atom. The van der Waals surface area contributed by atoms with E-state index in [4.69, 9.17) is 5.11 Å². The number of hydrogen-bond donors (Lipinski definition) is 3. The molecule has 0 spiro atoms. The molecule has 0 aromatic carbocycles. The van der Waals surface area contributed by atoms with Crippen LogP contribution in [-0.4, -0.2) is 30.1 Å². The maximum atomic E-state index is 10.6. The largest absolute Gasteiger partial charge is 0.478 e. The smallest absolute Gasteiger partial charge is 0.328 e. The van der Waals surface area contributed by atoms with E-state index in [1.54, 1.807) is 0 Å². The second-order valence-corrected chi connectivity index (χ2v) is 1.74. The zero-order chi connectivity index (χ0) is 9.56. The first-order valence-corrected chi connectivity index (χ1v) is 3.00. The molecule has 66 valence electrons. The van der Waals surface area contributed by atoms with Crippen molar-refractivity contribution in [3.63, 3.8) is 0 Å². The van der Waals surface area contributed by atoms with Crippen molar-refractivity contribution in [1.82, 2.24) is 10.6 Å². The summed E-state index contributed by atoms with van der Waals surface area (Å²) >= 11 is 0. The van der Waals surface area contributed by atoms with Crippen LogP contribution in [0.1, 0.15) is 0 Å². The molecule has 0 heterocycles. The lowest BCUT2D eigenvalue weighted by molar-refractivity contribution is -0.131. The van der Waals surface area contributed by atoms with E-state index in [0.29, 0.717) is 6.08 Å². The molecule has 0 aliphatic rings. The lowest BCUT2D eigenvalue weighted by Crippen LogP contribution is -2.36. The summed E-state index contributed by atoms with van der Waals surface area (Å²) in [6.45, 7) is 0. The van der Waals surface area contributed by atoms with Crippen LogP contribution in [0.25, 0.3) is 0 Å². The second-order valence-electron chi connectivity index (χ2n) is 1.74. The lowest BCUT2D eigenvalue weighted by atomic mass is 10.5. The van der Waals surface area contributed by atoms with Gasteiger partial charge in [-0.1, -0.05) is 0 Å². The molecule has 12 heavy (non-hydrogen) atoms. The second kappa shape index (κ2) is 4.89. The van der Waals surface area contributed by atoms with Crippen molar-refractivity contribution < 1.29 is 19.5 Å². The SMILES string of the molecule is CNC(=O)NC(=O)C=CC(=O)O. The molecule has 3 amide bonds. The van der Waals surface area contributed by atoms with E-state index in [0.717, 1.165) is 6.08 Å². The third kappa shape index (κ3) is 4.98. The summed E-state index contributed by atoms with van der Waals surface area (Å²) in [6.07, 6.45) is 1.38. The van der Waals surface area contributed by atoms with Gasteiger partial charge < -0.3 is 10.4 Å². The number of carboxylic acids is 1. The molecule has 0 aromatic heterocycles. The van der Waals surface area contributed by atoms with E-state index >= 15 is 0 Å². The first-order chi connectivity index (χ1) is 5.56. The Morgan fingerprint density at radius 2 is 1.83 bits per heavy atom. The number of imide groups is 1. The molecule has 0 atom stereocenters. The van der Waals surface area contributed by atoms with Crippen LogP contribution in [-0.2, 0) is 9.59 Å². The standard InChI is InChI=1S/C6H8N2O4/c1-7-6(12)8-4(9)2-3-5(10)11/h2-3H,1H3,(H,10,11)(H2,7,8,9,12). The van der Waals surface area contributed by atoms with E-state index in [1.807, 2.05) is 5.32 Å². The number of urea groups is 1. The molecule has 0 rings (SSSR count). The number of carbonyl (C=O) groups excluding carboxylic acids is 2. The van der Waals surface area contributed by atoms with Crippen LogP contribution in [0.2, 0.25) is 0 Å². The molecule has 0 aliphatic carbocycles. The van der Waals surface area contributed by atoms with Crippen LogP contribution < -0.4 is 10.6 Å². The number of nitrogens with one attached hydrogen (secondary N) is 2. The first kappa shape index (κ1) is 10.2. The molecular formula is C6H8N2O4. The van der Waals surface area contributed by atoms with Crippen molar-refractivity contribution in [1.29, 1.82) is 0 Å². The average molecular weight is 172 g/mol. The van der Waals surface area contributed by atoms with Crippen molar-refractivity contribution >= 4 is 17.9 Å². The minimum absolute atomic E-state index is 0.637. The Hall–Kier alpha value is -1.85. The normalized spacial score (nSPS) is 9.42. The molecular weight excluding hydrogens is 164 g/mol. The van der Waals surface area contributed by atoms with Crippen LogP contribution in [0.5, 0.6) is 0 Å². The minimum Gasteiger partial charge on any atom is -0.478 e. The van der Waals surface area contributed by atoms with E-state index < -0.39 is 17.9 Å². The van der Waals surface area contributed by atoms with E-state index in [1.165, 1.54) is 7.05 Å². The molecule has 0 radical (unpaired) electrons. The Kier molecular flexibility index (Phi) is 4.13. The highest BCUT2D eigenvalue weighted by Gasteiger charge is 2.00. The van der Waals surface area contributed by atoms with Gasteiger partial charge in [0.1, 0.15) is 0 Å². The molecule has 6 heteroatoms. The van der Waals surface area contributed by atoms with Crippen molar-refractivity contribution in [2.45, 2.75) is 0 Å². The Balaban J connectivity index is 3.90. The summed E-state index contributed by atoms with van der Waals surface area (Å²) in [5.41, 5.74) is 0. The van der Waals surface area contributed by atoms with Crippen LogP contribution in [0, 0.1) is 0 Å². The van der Waals surface area contributed by atoms with Crippen LogP contribution in [0.15, 0.2) is 12.2 Å². The molecule has 0 unspecified atom stereocenters. The summed E-state index contributed by atoms with van der Waals surface area (Å²) in [6, 6.07) is -0.685. The zero-order valence-corrected chi connectivity index (χ0v) is 6.33. The fraction of sp³-hybridized carbons (Fsp3) is 0.167. The quantitative estimate of drug-likeness (QED) is 0.469. The van der Waals surface area contributed by atoms with Gasteiger partial charge in [-0.2, -0.15) is 0 Å². The summed E-state index contributed by atoms with van der Waals surface area (Å²) < 4.78 is 0. The average Bonchev–Trinajstić information content (AvgIpc) is 2.00. The number of aliphatic carboxylic acids is 1. The van der Waals surface area contributed by atoms with E-state index in [-0.39, 0.29) is 0 Å². The summed E-state index contributed by atoms with van der Waals surface area (Å²) in [7, 11) is 1.34. The number of carboxylic acid groups (broad SMARTS) is 1. The van der Waals surface area contributed by atoms with Crippen LogP contribution >= 0.6 is 0 Å². The first-order valence-electron chi connectivity index (χ1n) is 3.00. The lowest BCUT2D eigenvalue weighted by Gasteiger charge is -1.96. The molecule has 0 aliphatic heterocycles. The van der Waals surface area contributed by atoms with Gasteiger partial charge in [0.25, 0.3) is 5.91 Å². The van der Waals surface area contributed by atoms with Crippen LogP contribution in [0.3, 0.4) is 0 Å². The Labute approximate surface area is 68.3 Å². The maximum Gasteiger partial charge on any atom is 0.328 e. The van der Waals surface area contributed by atoms with E-state index in [9.17, 15) is 14.4 Å². The zero-order valence-electron chi connectivity index (χ0n) is 6.33. The van der Waals surface area contributed by atoms with Gasteiger partial charge in [-0.25, -0.2) is 9.59 Å². The predicted molar refractivity (Wildman–Crippen MR) is 39.4 cm³/mol. The third-order valence-corrected chi connectivity index (χ3v) is 0.841. The molecule has 0 saturated heterocycles. The molecule has 0 saturated carbocycles. The van der Waals surface area contributed by atoms with Gasteiger partial charge in [-0.05, 0) is 0 Å². The fourth-order valence-corrected chi connectivity index (χ4v) is 0.363. The monoisotopic (exact) mass is 172 g/mol. The highest BCUT2D eigenvalue weighted by molar-refractivity contribution is 6.02. The highest BCUT2D eigenvalue weighted by Crippen LogP contribution is 1.74. The van der Waals surface area contributed by atoms with Gasteiger partial charge in [-0.3, -0.25) is 10.1 Å². The number of carbonyl (C=O) groups is 3. The van der Waals surface area contributed by atoms with Crippen molar-refractivity contribution in [2.75, 3.05) is 7.05 Å². The van der Waals surface area contributed by atoms with Gasteiger partial charge in [-0.15, -0.1) is 0 Å². The number of rotatable bonds is 2. The van der Waals surface area contributed by atoms with Gasteiger partial charge in [0.15, 0.2) is 0 Å². The van der Waals surface area contributed by atoms with E-state index in [2.05, 4.69) is 5.32 Å². The van der Waals surface area contributed by atoms with Crippen molar-refractivity contribution in [3.05, 3.63) is 12.2 Å². The molecule has 6 nitrogen and oxygen atoms in total. The Morgan fingerprint density at radius 3 is 2.25 bits per heavy atom. The minimum atomic E-state index is -1.25. The number of hydrogen-bond acceptors (Lipinski definition) is 3. The van der Waals surface area contributed by atoms with Crippen molar-refractivity contribution in [3.8, 4) is 0 Å². The summed E-state index contributed by atoms with van der Waals surface area (Å²) in [5, 5.41) is 12.1. The summed E-state index contributed by atoms with van der Waals surface area (Å²) in [4.78, 5) is 30.9. The number of amides is 3. The van der Waals surface area contributed by atoms with Crippen molar-refractivity contribution in [2.24, 2.45) is 0 Å².